The lowest BCUT2D eigenvalue weighted by atomic mass is 9.72. The van der Waals surface area contributed by atoms with E-state index in [9.17, 15) is 0 Å². The van der Waals surface area contributed by atoms with E-state index in [1.807, 2.05) is 0 Å². The summed E-state index contributed by atoms with van der Waals surface area (Å²) in [5.41, 5.74) is 23.2. The van der Waals surface area contributed by atoms with Gasteiger partial charge in [0.2, 0.25) is 0 Å². The molecule has 0 saturated heterocycles. The Morgan fingerprint density at radius 3 is 1.96 bits per heavy atom. The second kappa shape index (κ2) is 15.2. The molecule has 0 bridgehead atoms. The molecule has 0 fully saturated rings. The molecule has 1 unspecified atom stereocenters. The third kappa shape index (κ3) is 6.13. The Hall–Kier alpha value is -8.65. The first-order chi connectivity index (χ1) is 33.7. The zero-order chi connectivity index (χ0) is 44.8. The molecule has 9 aromatic carbocycles. The Bertz CT molecular complexity index is 3990. The van der Waals surface area contributed by atoms with Gasteiger partial charge >= 0.3 is 0 Å². The van der Waals surface area contributed by atoms with E-state index in [2.05, 4.69) is 249 Å². The van der Waals surface area contributed by atoms with E-state index >= 15 is 0 Å². The second-order valence-corrected chi connectivity index (χ2v) is 18.6. The van der Waals surface area contributed by atoms with Crippen molar-refractivity contribution in [2.45, 2.75) is 11.8 Å². The molecule has 1 spiro atoms. The summed E-state index contributed by atoms with van der Waals surface area (Å²) in [5.74, 6) is 0. The van der Waals surface area contributed by atoms with Gasteiger partial charge in [0.1, 0.15) is 0 Å². The first-order valence-electron chi connectivity index (χ1n) is 23.7. The molecule has 1 aromatic heterocycles. The van der Waals surface area contributed by atoms with Crippen LogP contribution >= 0.6 is 0 Å². The Balaban J connectivity index is 0.798. The molecule has 1 nitrogen and oxygen atoms in total. The van der Waals surface area contributed by atoms with Crippen molar-refractivity contribution in [3.05, 3.63) is 270 Å². The van der Waals surface area contributed by atoms with E-state index < -0.39 is 0 Å². The molecule has 0 aliphatic heterocycles. The van der Waals surface area contributed by atoms with Gasteiger partial charge in [0.15, 0.2) is 0 Å². The molecule has 1 atom stereocenters. The van der Waals surface area contributed by atoms with Gasteiger partial charge in [-0.3, -0.25) is 0 Å². The number of hydrogen-bond donors (Lipinski definition) is 0. The highest BCUT2D eigenvalue weighted by Crippen LogP contribution is 2.62. The Kier molecular flexibility index (Phi) is 8.63. The lowest BCUT2D eigenvalue weighted by Gasteiger charge is -2.30. The van der Waals surface area contributed by atoms with Gasteiger partial charge < -0.3 is 0 Å². The van der Waals surface area contributed by atoms with Crippen LogP contribution in [0.4, 0.5) is 0 Å². The molecule has 0 amide bonds. The fraction of sp³-hybridized carbons (Fsp3) is 0.0299. The zero-order valence-electron chi connectivity index (χ0n) is 37.3. The zero-order valence-corrected chi connectivity index (χ0v) is 37.3. The summed E-state index contributed by atoms with van der Waals surface area (Å²) in [6, 6.07) is 71.5. The molecule has 4 aliphatic carbocycles. The predicted octanol–water partition coefficient (Wildman–Crippen LogP) is 17.5. The maximum absolute atomic E-state index is 5.36. The van der Waals surface area contributed by atoms with Gasteiger partial charge in [-0.05, 0) is 142 Å². The maximum Gasteiger partial charge on any atom is 0.0788 e. The third-order valence-corrected chi connectivity index (χ3v) is 14.8. The molecule has 0 radical (unpaired) electrons. The molecular formula is C67H43N. The Labute approximate surface area is 396 Å². The molecule has 0 saturated carbocycles. The normalized spacial score (nSPS) is 16.3. The van der Waals surface area contributed by atoms with E-state index in [0.717, 1.165) is 34.0 Å². The smallest absolute Gasteiger partial charge is 0.0788 e. The number of allylic oxidation sites excluding steroid dienone is 9. The highest BCUT2D eigenvalue weighted by molar-refractivity contribution is 6.08. The van der Waals surface area contributed by atoms with Crippen molar-refractivity contribution in [3.8, 4) is 55.8 Å². The van der Waals surface area contributed by atoms with Crippen molar-refractivity contribution >= 4 is 56.2 Å². The predicted molar refractivity (Wildman–Crippen MR) is 288 cm³/mol. The van der Waals surface area contributed by atoms with Gasteiger partial charge in [0.25, 0.3) is 0 Å². The standard InChI is InChI=1S/C67H43N/c1-2-12-43-14-10-24-59(55(43)20-3-1)53-31-28-46-32-34-54-35-36-60(64-42-67(54,64)63(46)41-53)52-19-9-18-51(39-52)58-23-7-6-22-57(58)50-17-8-16-48(38-50)49-30-27-45-26-29-47-33-37-65(68-66(47)62(45)40-49)61-25-11-15-44-13-4-5-21-56(44)61/h2-42H,1H2. The largest absolute Gasteiger partial charge is 0.247 e. The molecule has 0 N–H and O–H groups in total. The van der Waals surface area contributed by atoms with Crippen LogP contribution in [0.25, 0.3) is 112 Å². The van der Waals surface area contributed by atoms with Crippen LogP contribution in [0, 0.1) is 0 Å². The van der Waals surface area contributed by atoms with E-state index in [1.165, 1.54) is 105 Å². The van der Waals surface area contributed by atoms with Crippen LogP contribution < -0.4 is 0 Å². The number of nitrogens with zero attached hydrogens (tertiary/aromatic N) is 1. The molecule has 1 heterocycles. The van der Waals surface area contributed by atoms with Crippen LogP contribution in [-0.2, 0) is 5.41 Å². The average molecular weight is 862 g/mol. The van der Waals surface area contributed by atoms with Crippen molar-refractivity contribution in [2.24, 2.45) is 0 Å². The van der Waals surface area contributed by atoms with Crippen LogP contribution in [0.5, 0.6) is 0 Å². The summed E-state index contributed by atoms with van der Waals surface area (Å²) in [6.07, 6.45) is 21.8. The average Bonchev–Trinajstić information content (AvgIpc) is 4.21. The van der Waals surface area contributed by atoms with Crippen LogP contribution in [0.15, 0.2) is 242 Å². The number of rotatable bonds is 6. The first kappa shape index (κ1) is 38.6. The minimum atomic E-state index is -0.204. The molecule has 1 heteroatoms. The van der Waals surface area contributed by atoms with E-state index in [1.54, 1.807) is 0 Å². The highest BCUT2D eigenvalue weighted by Gasteiger charge is 2.52. The minimum absolute atomic E-state index is 0.204. The summed E-state index contributed by atoms with van der Waals surface area (Å²) in [6.45, 7) is 0. The van der Waals surface area contributed by atoms with Gasteiger partial charge in [-0.25, -0.2) is 4.98 Å². The quantitative estimate of drug-likeness (QED) is 0.152. The molecule has 68 heavy (non-hydrogen) atoms. The number of benzene rings is 9. The van der Waals surface area contributed by atoms with Crippen LogP contribution in [0.1, 0.15) is 34.2 Å². The lowest BCUT2D eigenvalue weighted by Crippen LogP contribution is -2.20. The number of hydrogen-bond acceptors (Lipinski definition) is 1. The lowest BCUT2D eigenvalue weighted by molar-refractivity contribution is 0.894. The maximum atomic E-state index is 5.36. The number of fused-ring (bicyclic) bond motifs is 6. The summed E-state index contributed by atoms with van der Waals surface area (Å²) in [7, 11) is 0. The topological polar surface area (TPSA) is 12.9 Å². The SMILES string of the molecule is C1=Cc2cccc(-c3ccc4c(c3)C35C=C3C(c3cccc(-c6ccccc6-c6cccc(-c7ccc8ccc9ccc(-c%10cccc%11ccccc%10%11)nc9c8c7)c6)c3)=CC=C5C=C4)c2C=CC1. The molecular weight excluding hydrogens is 819 g/mol. The van der Waals surface area contributed by atoms with Gasteiger partial charge in [-0.1, -0.05) is 218 Å². The van der Waals surface area contributed by atoms with Crippen molar-refractivity contribution in [3.63, 3.8) is 0 Å². The summed E-state index contributed by atoms with van der Waals surface area (Å²) in [4.78, 5) is 5.36. The van der Waals surface area contributed by atoms with Crippen molar-refractivity contribution in [1.82, 2.24) is 4.98 Å². The van der Waals surface area contributed by atoms with E-state index in [-0.39, 0.29) is 5.41 Å². The van der Waals surface area contributed by atoms with Crippen molar-refractivity contribution < 1.29 is 0 Å². The second-order valence-electron chi connectivity index (χ2n) is 18.6. The Morgan fingerprint density at radius 1 is 0.397 bits per heavy atom. The molecule has 316 valence electrons. The van der Waals surface area contributed by atoms with Crippen LogP contribution in [0.2, 0.25) is 0 Å². The van der Waals surface area contributed by atoms with E-state index in [0.29, 0.717) is 0 Å². The third-order valence-electron chi connectivity index (χ3n) is 14.8. The van der Waals surface area contributed by atoms with Crippen molar-refractivity contribution in [1.29, 1.82) is 0 Å². The molecule has 10 aromatic rings. The van der Waals surface area contributed by atoms with E-state index in [4.69, 9.17) is 4.98 Å². The van der Waals surface area contributed by atoms with Gasteiger partial charge in [0.05, 0.1) is 16.6 Å². The fourth-order valence-electron chi connectivity index (χ4n) is 11.3. The van der Waals surface area contributed by atoms with Gasteiger partial charge in [0, 0.05) is 16.3 Å². The summed E-state index contributed by atoms with van der Waals surface area (Å²) in [5, 5.41) is 5.91. The molecule has 4 aliphatic rings. The number of aromatic nitrogens is 1. The monoisotopic (exact) mass is 861 g/mol. The Morgan fingerprint density at radius 2 is 1.04 bits per heavy atom. The minimum Gasteiger partial charge on any atom is -0.247 e. The summed E-state index contributed by atoms with van der Waals surface area (Å²) < 4.78 is 0. The molecule has 14 rings (SSSR count). The summed E-state index contributed by atoms with van der Waals surface area (Å²) >= 11 is 0. The van der Waals surface area contributed by atoms with Crippen LogP contribution in [-0.4, -0.2) is 4.98 Å². The number of pyridine rings is 1. The van der Waals surface area contributed by atoms with Gasteiger partial charge in [-0.15, -0.1) is 0 Å². The van der Waals surface area contributed by atoms with Crippen molar-refractivity contribution in [2.75, 3.05) is 0 Å². The first-order valence-corrected chi connectivity index (χ1v) is 23.7. The van der Waals surface area contributed by atoms with Gasteiger partial charge in [-0.2, -0.15) is 0 Å². The fourth-order valence-corrected chi connectivity index (χ4v) is 11.3. The van der Waals surface area contributed by atoms with Crippen LogP contribution in [0.3, 0.4) is 0 Å². The highest BCUT2D eigenvalue weighted by atomic mass is 14.7.